The number of hydrogen-bond donors (Lipinski definition) is 0. The lowest BCUT2D eigenvalue weighted by Crippen LogP contribution is -2.15. The lowest BCUT2D eigenvalue weighted by molar-refractivity contribution is 0.660. The Morgan fingerprint density at radius 3 is 1.47 bits per heavy atom. The molecule has 10 aromatic rings. The summed E-state index contributed by atoms with van der Waals surface area (Å²) < 4.78 is 6.66. The minimum absolute atomic E-state index is 0.0675. The summed E-state index contributed by atoms with van der Waals surface area (Å²) >= 11 is 0. The summed E-state index contributed by atoms with van der Waals surface area (Å²) in [5, 5.41) is 9.98. The Balaban J connectivity index is 1.12. The molecular weight excluding hydrogens is 665 g/mol. The summed E-state index contributed by atoms with van der Waals surface area (Å²) in [6.07, 6.45) is 0. The van der Waals surface area contributed by atoms with Crippen LogP contribution in [0.2, 0.25) is 0 Å². The molecule has 0 unspecified atom stereocenters. The van der Waals surface area contributed by atoms with Crippen molar-refractivity contribution in [2.24, 2.45) is 0 Å². The summed E-state index contributed by atoms with van der Waals surface area (Å²) in [6.45, 7) is 9.57. The summed E-state index contributed by atoms with van der Waals surface area (Å²) in [7, 11) is 0. The van der Waals surface area contributed by atoms with Crippen LogP contribution in [0.25, 0.3) is 98.8 Å². The van der Waals surface area contributed by atoms with Gasteiger partial charge in [0.25, 0.3) is 0 Å². The second kappa shape index (κ2) is 10.6. The maximum atomic E-state index is 6.66. The molecule has 0 atom stereocenters. The molecule has 0 bridgehead atoms. The molecule has 12 rings (SSSR count). The molecule has 0 saturated carbocycles. The lowest BCUT2D eigenvalue weighted by atomic mass is 9.78. The highest BCUT2D eigenvalue weighted by Crippen LogP contribution is 2.58. The molecule has 1 heterocycles. The van der Waals surface area contributed by atoms with E-state index in [-0.39, 0.29) is 10.8 Å². The second-order valence-electron chi connectivity index (χ2n) is 16.8. The van der Waals surface area contributed by atoms with Crippen molar-refractivity contribution in [2.45, 2.75) is 38.5 Å². The number of fused-ring (bicyclic) bond motifs is 15. The van der Waals surface area contributed by atoms with E-state index in [4.69, 9.17) is 4.42 Å². The number of furan rings is 1. The smallest absolute Gasteiger partial charge is 0.143 e. The van der Waals surface area contributed by atoms with Crippen molar-refractivity contribution in [3.8, 4) is 44.5 Å². The van der Waals surface area contributed by atoms with E-state index in [2.05, 4.69) is 185 Å². The molecular formula is C54H38O. The van der Waals surface area contributed by atoms with E-state index in [1.807, 2.05) is 0 Å². The molecule has 9 aromatic carbocycles. The van der Waals surface area contributed by atoms with Gasteiger partial charge in [0.1, 0.15) is 11.2 Å². The SMILES string of the molecule is CC1(C)c2ccccc2-c2ccc(-c3c4ccccc4c(-c4ccc5c(c4)C(C)(C)c4c-5c5c6ccccc6oc5c5ccccc45)c4ccccc34)cc21. The van der Waals surface area contributed by atoms with E-state index in [0.29, 0.717) is 0 Å². The molecule has 55 heavy (non-hydrogen) atoms. The van der Waals surface area contributed by atoms with Crippen LogP contribution < -0.4 is 0 Å². The Morgan fingerprint density at radius 2 is 0.836 bits per heavy atom. The highest BCUT2D eigenvalue weighted by atomic mass is 16.3. The molecule has 2 aliphatic carbocycles. The maximum Gasteiger partial charge on any atom is 0.143 e. The minimum Gasteiger partial charge on any atom is -0.455 e. The zero-order valence-corrected chi connectivity index (χ0v) is 31.4. The topological polar surface area (TPSA) is 13.1 Å². The first-order valence-electron chi connectivity index (χ1n) is 19.5. The first-order chi connectivity index (χ1) is 26.8. The van der Waals surface area contributed by atoms with Gasteiger partial charge in [-0.2, -0.15) is 0 Å². The third-order valence-corrected chi connectivity index (χ3v) is 13.2. The van der Waals surface area contributed by atoms with E-state index < -0.39 is 0 Å². The van der Waals surface area contributed by atoms with Crippen LogP contribution in [0.1, 0.15) is 49.9 Å². The van der Waals surface area contributed by atoms with Gasteiger partial charge in [-0.1, -0.05) is 167 Å². The Kier molecular flexibility index (Phi) is 5.98. The van der Waals surface area contributed by atoms with Crippen molar-refractivity contribution in [3.05, 3.63) is 180 Å². The van der Waals surface area contributed by atoms with Gasteiger partial charge in [0.2, 0.25) is 0 Å². The van der Waals surface area contributed by atoms with Crippen LogP contribution in [0.5, 0.6) is 0 Å². The number of benzene rings is 9. The van der Waals surface area contributed by atoms with Crippen LogP contribution in [0.15, 0.2) is 162 Å². The van der Waals surface area contributed by atoms with Crippen LogP contribution in [-0.4, -0.2) is 0 Å². The van der Waals surface area contributed by atoms with E-state index in [1.165, 1.54) is 110 Å². The van der Waals surface area contributed by atoms with E-state index >= 15 is 0 Å². The molecule has 0 amide bonds. The van der Waals surface area contributed by atoms with Crippen LogP contribution >= 0.6 is 0 Å². The molecule has 0 fully saturated rings. The average Bonchev–Trinajstić information content (AvgIpc) is 3.80. The zero-order valence-electron chi connectivity index (χ0n) is 31.4. The monoisotopic (exact) mass is 702 g/mol. The van der Waals surface area contributed by atoms with Gasteiger partial charge < -0.3 is 4.42 Å². The fourth-order valence-electron chi connectivity index (χ4n) is 10.7. The molecule has 0 N–H and O–H groups in total. The second-order valence-corrected chi connectivity index (χ2v) is 16.8. The summed E-state index contributed by atoms with van der Waals surface area (Å²) in [4.78, 5) is 0. The highest BCUT2D eigenvalue weighted by molar-refractivity contribution is 6.25. The Morgan fingerprint density at radius 1 is 0.364 bits per heavy atom. The molecule has 0 saturated heterocycles. The highest BCUT2D eigenvalue weighted by Gasteiger charge is 2.40. The van der Waals surface area contributed by atoms with Crippen LogP contribution in [0, 0.1) is 0 Å². The van der Waals surface area contributed by atoms with Crippen LogP contribution in [-0.2, 0) is 10.8 Å². The van der Waals surface area contributed by atoms with Gasteiger partial charge in [-0.3, -0.25) is 0 Å². The molecule has 2 aliphatic rings. The molecule has 1 heteroatoms. The van der Waals surface area contributed by atoms with E-state index in [1.54, 1.807) is 0 Å². The van der Waals surface area contributed by atoms with Gasteiger partial charge in [0, 0.05) is 27.0 Å². The summed E-state index contributed by atoms with van der Waals surface area (Å²) in [6, 6.07) is 58.8. The van der Waals surface area contributed by atoms with E-state index in [9.17, 15) is 0 Å². The van der Waals surface area contributed by atoms with Crippen molar-refractivity contribution in [2.75, 3.05) is 0 Å². The maximum absolute atomic E-state index is 6.66. The normalized spacial score (nSPS) is 14.8. The van der Waals surface area contributed by atoms with Gasteiger partial charge in [0.05, 0.1) is 0 Å². The molecule has 0 spiro atoms. The predicted octanol–water partition coefficient (Wildman–Crippen LogP) is 15.0. The molecule has 0 radical (unpaired) electrons. The molecule has 1 aromatic heterocycles. The summed E-state index contributed by atoms with van der Waals surface area (Å²) in [5.74, 6) is 0. The Labute approximate surface area is 320 Å². The Hall–Kier alpha value is -6.44. The van der Waals surface area contributed by atoms with Gasteiger partial charge in [-0.15, -0.1) is 0 Å². The van der Waals surface area contributed by atoms with Gasteiger partial charge in [-0.05, 0) is 112 Å². The lowest BCUT2D eigenvalue weighted by Gasteiger charge is -2.24. The molecule has 0 aliphatic heterocycles. The zero-order chi connectivity index (χ0) is 36.8. The minimum atomic E-state index is -0.229. The van der Waals surface area contributed by atoms with Gasteiger partial charge in [0.15, 0.2) is 0 Å². The van der Waals surface area contributed by atoms with Crippen LogP contribution in [0.3, 0.4) is 0 Å². The summed E-state index contributed by atoms with van der Waals surface area (Å²) in [5.41, 5.74) is 17.6. The van der Waals surface area contributed by atoms with Crippen molar-refractivity contribution in [1.82, 2.24) is 0 Å². The van der Waals surface area contributed by atoms with Gasteiger partial charge in [-0.25, -0.2) is 0 Å². The largest absolute Gasteiger partial charge is 0.455 e. The van der Waals surface area contributed by atoms with Crippen molar-refractivity contribution in [1.29, 1.82) is 0 Å². The average molecular weight is 703 g/mol. The quantitative estimate of drug-likeness (QED) is 0.163. The number of hydrogen-bond acceptors (Lipinski definition) is 1. The van der Waals surface area contributed by atoms with Crippen molar-refractivity contribution in [3.63, 3.8) is 0 Å². The fraction of sp³-hybridized carbons (Fsp3) is 0.111. The number of para-hydroxylation sites is 1. The third-order valence-electron chi connectivity index (χ3n) is 13.2. The predicted molar refractivity (Wildman–Crippen MR) is 232 cm³/mol. The standard InChI is InChI=1S/C54H38O/c1-53(2)43-23-13-11-15-33(43)34-27-25-31(29-44(34)53)47-35-16-5-7-18-37(35)48(38-19-8-6-17-36(38)47)32-26-28-41-45(30-32)54(3,4)51-39-20-9-10-21-40(39)52-50(49(41)51)42-22-12-14-24-46(42)55-52/h5-30H,1-4H3. The van der Waals surface area contributed by atoms with Gasteiger partial charge >= 0.3 is 0 Å². The first-order valence-corrected chi connectivity index (χ1v) is 19.5. The fourth-order valence-corrected chi connectivity index (χ4v) is 10.7. The van der Waals surface area contributed by atoms with E-state index in [0.717, 1.165) is 11.2 Å². The third kappa shape index (κ3) is 3.93. The van der Waals surface area contributed by atoms with Crippen LogP contribution in [0.4, 0.5) is 0 Å². The first kappa shape index (κ1) is 31.0. The molecule has 1 nitrogen and oxygen atoms in total. The number of rotatable bonds is 2. The van der Waals surface area contributed by atoms with Crippen molar-refractivity contribution >= 4 is 54.3 Å². The van der Waals surface area contributed by atoms with Crippen molar-refractivity contribution < 1.29 is 4.42 Å². The molecule has 260 valence electrons. The Bertz CT molecular complexity index is 3260.